The molecule has 0 fully saturated rings. The van der Waals surface area contributed by atoms with E-state index in [-0.39, 0.29) is 11.7 Å². The van der Waals surface area contributed by atoms with Crippen LogP contribution in [0.2, 0.25) is 0 Å². The van der Waals surface area contributed by atoms with Gasteiger partial charge >= 0.3 is 5.69 Å². The topological polar surface area (TPSA) is 54.9 Å². The predicted octanol–water partition coefficient (Wildman–Crippen LogP) is 1.94. The fourth-order valence-electron chi connectivity index (χ4n) is 1.15. The summed E-state index contributed by atoms with van der Waals surface area (Å²) in [7, 11) is 0. The van der Waals surface area contributed by atoms with Crippen molar-refractivity contribution in [2.75, 3.05) is 0 Å². The van der Waals surface area contributed by atoms with E-state index in [1.807, 2.05) is 0 Å². The number of halogens is 3. The molecule has 0 aliphatic heterocycles. The average Bonchev–Trinajstić information content (AvgIpc) is 1.99. The van der Waals surface area contributed by atoms with E-state index < -0.39 is 15.0 Å². The number of hydrogen-bond acceptors (Lipinski definition) is 2. The van der Waals surface area contributed by atoms with Gasteiger partial charge in [0.25, 0.3) is 5.56 Å². The Morgan fingerprint density at radius 3 is 2.20 bits per heavy atom. The Morgan fingerprint density at radius 2 is 1.87 bits per heavy atom. The molecule has 4 nitrogen and oxygen atoms in total. The number of nitrogens with zero attached hydrogens (tertiary/aromatic N) is 1. The van der Waals surface area contributed by atoms with Crippen LogP contribution in [0.15, 0.2) is 15.7 Å². The molecule has 0 saturated heterocycles. The molecule has 0 amide bonds. The van der Waals surface area contributed by atoms with Gasteiger partial charge < -0.3 is 4.98 Å². The molecular formula is C8H9Cl3N2O2. The van der Waals surface area contributed by atoms with E-state index in [9.17, 15) is 9.59 Å². The summed E-state index contributed by atoms with van der Waals surface area (Å²) in [5, 5.41) is 0. The zero-order valence-electron chi connectivity index (χ0n) is 8.05. The zero-order chi connectivity index (χ0) is 11.8. The molecule has 1 rings (SSSR count). The quantitative estimate of drug-likeness (QED) is 0.794. The van der Waals surface area contributed by atoms with E-state index in [1.54, 1.807) is 13.8 Å². The highest BCUT2D eigenvalue weighted by Crippen LogP contribution is 2.35. The van der Waals surface area contributed by atoms with Crippen molar-refractivity contribution < 1.29 is 0 Å². The molecule has 0 unspecified atom stereocenters. The molecule has 0 aliphatic rings. The maximum atomic E-state index is 11.5. The summed E-state index contributed by atoms with van der Waals surface area (Å²) in [6.45, 7) is 3.43. The van der Waals surface area contributed by atoms with Crippen molar-refractivity contribution in [3.8, 4) is 0 Å². The van der Waals surface area contributed by atoms with Gasteiger partial charge in [0.1, 0.15) is 0 Å². The van der Waals surface area contributed by atoms with E-state index >= 15 is 0 Å². The Morgan fingerprint density at radius 1 is 1.33 bits per heavy atom. The van der Waals surface area contributed by atoms with Crippen molar-refractivity contribution in [1.29, 1.82) is 0 Å². The molecule has 0 bridgehead atoms. The summed E-state index contributed by atoms with van der Waals surface area (Å²) in [5.74, 6) is 0. The molecule has 0 atom stereocenters. The highest BCUT2D eigenvalue weighted by molar-refractivity contribution is 6.66. The van der Waals surface area contributed by atoms with Gasteiger partial charge in [-0.15, -0.1) is 0 Å². The number of aromatic nitrogens is 2. The van der Waals surface area contributed by atoms with E-state index in [0.29, 0.717) is 0 Å². The number of rotatable bonds is 1. The first-order valence-electron chi connectivity index (χ1n) is 4.16. The summed E-state index contributed by atoms with van der Waals surface area (Å²) >= 11 is 16.6. The Bertz CT molecular complexity index is 439. The molecule has 0 aromatic carbocycles. The van der Waals surface area contributed by atoms with Gasteiger partial charge in [-0.2, -0.15) is 0 Å². The first-order chi connectivity index (χ1) is 6.73. The molecule has 1 N–H and O–H groups in total. The third-order valence-electron chi connectivity index (χ3n) is 1.79. The third-order valence-corrected chi connectivity index (χ3v) is 2.40. The fourth-order valence-corrected chi connectivity index (χ4v) is 1.45. The molecule has 1 aromatic heterocycles. The monoisotopic (exact) mass is 270 g/mol. The first-order valence-corrected chi connectivity index (χ1v) is 5.30. The molecule has 0 spiro atoms. The Labute approximate surface area is 101 Å². The lowest BCUT2D eigenvalue weighted by Crippen LogP contribution is -2.37. The van der Waals surface area contributed by atoms with Crippen LogP contribution in [0.4, 0.5) is 0 Å². The van der Waals surface area contributed by atoms with Crippen LogP contribution in [0.5, 0.6) is 0 Å². The number of aromatic amines is 1. The molecular weight excluding hydrogens is 262 g/mol. The number of hydrogen-bond donors (Lipinski definition) is 1. The van der Waals surface area contributed by atoms with Gasteiger partial charge in [0.05, 0.1) is 5.69 Å². The smallest absolute Gasteiger partial charge is 0.307 e. The van der Waals surface area contributed by atoms with Crippen LogP contribution >= 0.6 is 34.8 Å². The average molecular weight is 272 g/mol. The SMILES string of the molecule is CC(C)n1c(=O)cc(C(Cl)(Cl)Cl)[nH]c1=O. The normalized spacial score (nSPS) is 12.1. The van der Waals surface area contributed by atoms with Gasteiger partial charge in [-0.25, -0.2) is 4.79 Å². The standard InChI is InChI=1S/C8H9Cl3N2O2/c1-4(2)13-6(14)3-5(8(9,10)11)12-7(13)15/h3-4H,1-2H3,(H,12,15). The lowest BCUT2D eigenvalue weighted by molar-refractivity contribution is 0.542. The Hall–Kier alpha value is -0.450. The van der Waals surface area contributed by atoms with E-state index in [4.69, 9.17) is 34.8 Å². The Balaban J connectivity index is 3.47. The lowest BCUT2D eigenvalue weighted by atomic mass is 10.3. The first kappa shape index (κ1) is 12.6. The van der Waals surface area contributed by atoms with Crippen LogP contribution in [-0.4, -0.2) is 9.55 Å². The van der Waals surface area contributed by atoms with Gasteiger partial charge in [0.15, 0.2) is 0 Å². The van der Waals surface area contributed by atoms with E-state index in [2.05, 4.69) is 4.98 Å². The van der Waals surface area contributed by atoms with Crippen molar-refractivity contribution in [2.45, 2.75) is 23.7 Å². The second kappa shape index (κ2) is 4.20. The third kappa shape index (κ3) is 2.77. The Kier molecular flexibility index (Phi) is 3.53. The maximum Gasteiger partial charge on any atom is 0.328 e. The maximum absolute atomic E-state index is 11.5. The van der Waals surface area contributed by atoms with E-state index in [0.717, 1.165) is 10.6 Å². The number of alkyl halides is 3. The van der Waals surface area contributed by atoms with Gasteiger partial charge in [0, 0.05) is 12.1 Å². The van der Waals surface area contributed by atoms with Crippen molar-refractivity contribution >= 4 is 34.8 Å². The van der Waals surface area contributed by atoms with Gasteiger partial charge in [0.2, 0.25) is 3.79 Å². The van der Waals surface area contributed by atoms with Crippen LogP contribution in [0.3, 0.4) is 0 Å². The second-order valence-electron chi connectivity index (χ2n) is 3.29. The molecule has 7 heteroatoms. The highest BCUT2D eigenvalue weighted by atomic mass is 35.6. The highest BCUT2D eigenvalue weighted by Gasteiger charge is 2.25. The van der Waals surface area contributed by atoms with Crippen molar-refractivity contribution in [2.24, 2.45) is 0 Å². The van der Waals surface area contributed by atoms with Crippen LogP contribution in [-0.2, 0) is 3.79 Å². The minimum atomic E-state index is -1.80. The van der Waals surface area contributed by atoms with Crippen LogP contribution in [0, 0.1) is 0 Å². The minimum absolute atomic E-state index is 0.0283. The second-order valence-corrected chi connectivity index (χ2v) is 5.57. The summed E-state index contributed by atoms with van der Waals surface area (Å²) in [5.41, 5.74) is -1.10. The molecule has 0 aliphatic carbocycles. The molecule has 15 heavy (non-hydrogen) atoms. The van der Waals surface area contributed by atoms with Crippen LogP contribution in [0.1, 0.15) is 25.6 Å². The van der Waals surface area contributed by atoms with Crippen molar-refractivity contribution in [1.82, 2.24) is 9.55 Å². The molecule has 0 radical (unpaired) electrons. The van der Waals surface area contributed by atoms with Crippen LogP contribution in [0.25, 0.3) is 0 Å². The van der Waals surface area contributed by atoms with E-state index in [1.165, 1.54) is 0 Å². The predicted molar refractivity (Wildman–Crippen MR) is 60.9 cm³/mol. The van der Waals surface area contributed by atoms with Crippen molar-refractivity contribution in [3.05, 3.63) is 32.6 Å². The summed E-state index contributed by atoms with van der Waals surface area (Å²) < 4.78 is -0.756. The number of nitrogens with one attached hydrogen (secondary N) is 1. The van der Waals surface area contributed by atoms with Gasteiger partial charge in [-0.1, -0.05) is 34.8 Å². The molecule has 0 saturated carbocycles. The molecule has 1 heterocycles. The summed E-state index contributed by atoms with van der Waals surface area (Å²) in [6.07, 6.45) is 0. The zero-order valence-corrected chi connectivity index (χ0v) is 10.3. The largest absolute Gasteiger partial charge is 0.328 e. The van der Waals surface area contributed by atoms with Crippen molar-refractivity contribution in [3.63, 3.8) is 0 Å². The summed E-state index contributed by atoms with van der Waals surface area (Å²) in [4.78, 5) is 25.3. The van der Waals surface area contributed by atoms with Crippen LogP contribution < -0.4 is 11.2 Å². The fraction of sp³-hybridized carbons (Fsp3) is 0.500. The minimum Gasteiger partial charge on any atom is -0.307 e. The molecule has 1 aromatic rings. The molecule has 84 valence electrons. The summed E-state index contributed by atoms with van der Waals surface area (Å²) in [6, 6.07) is 0.861. The van der Waals surface area contributed by atoms with Gasteiger partial charge in [-0.3, -0.25) is 9.36 Å². The number of H-pyrrole nitrogens is 1. The lowest BCUT2D eigenvalue weighted by Gasteiger charge is -2.13. The van der Waals surface area contributed by atoms with Gasteiger partial charge in [-0.05, 0) is 13.8 Å².